The maximum absolute atomic E-state index is 5.88. The molecule has 17 heavy (non-hydrogen) atoms. The first-order valence-corrected chi connectivity index (χ1v) is 6.08. The fourth-order valence-corrected chi connectivity index (χ4v) is 2.35. The van der Waals surface area contributed by atoms with Gasteiger partial charge in [-0.05, 0) is 32.4 Å². The van der Waals surface area contributed by atoms with Crippen molar-refractivity contribution in [3.05, 3.63) is 23.9 Å². The first kappa shape index (κ1) is 12.3. The molecule has 2 rings (SSSR count). The Balaban J connectivity index is 2.15. The van der Waals surface area contributed by atoms with Crippen molar-refractivity contribution in [1.29, 1.82) is 0 Å². The largest absolute Gasteiger partial charge is 0.369 e. The van der Waals surface area contributed by atoms with Gasteiger partial charge in [-0.15, -0.1) is 0 Å². The third-order valence-corrected chi connectivity index (χ3v) is 2.94. The van der Waals surface area contributed by atoms with Gasteiger partial charge < -0.3 is 15.4 Å². The standard InChI is InChI=1S/C13H21N3O/c1-10-8-16(9-13(2,3)17-10)12-5-4-11(6-14)7-15-12/h4-5,7,10H,6,8-9,14H2,1-3H3. The van der Waals surface area contributed by atoms with Gasteiger partial charge in [-0.2, -0.15) is 0 Å². The average molecular weight is 235 g/mol. The van der Waals surface area contributed by atoms with Gasteiger partial charge in [-0.1, -0.05) is 6.07 Å². The van der Waals surface area contributed by atoms with E-state index in [0.717, 1.165) is 24.5 Å². The summed E-state index contributed by atoms with van der Waals surface area (Å²) < 4.78 is 5.88. The highest BCUT2D eigenvalue weighted by atomic mass is 16.5. The summed E-state index contributed by atoms with van der Waals surface area (Å²) in [5.41, 5.74) is 6.51. The highest BCUT2D eigenvalue weighted by molar-refractivity contribution is 5.40. The molecule has 1 atom stereocenters. The Morgan fingerprint density at radius 2 is 2.29 bits per heavy atom. The third-order valence-electron chi connectivity index (χ3n) is 2.94. The Morgan fingerprint density at radius 1 is 1.53 bits per heavy atom. The number of morpholine rings is 1. The van der Waals surface area contributed by atoms with E-state index in [2.05, 4.69) is 30.7 Å². The quantitative estimate of drug-likeness (QED) is 0.845. The summed E-state index contributed by atoms with van der Waals surface area (Å²) in [7, 11) is 0. The predicted molar refractivity (Wildman–Crippen MR) is 69.0 cm³/mol. The summed E-state index contributed by atoms with van der Waals surface area (Å²) in [5.74, 6) is 1.01. The van der Waals surface area contributed by atoms with Gasteiger partial charge in [-0.25, -0.2) is 4.98 Å². The number of hydrogen-bond acceptors (Lipinski definition) is 4. The molecular weight excluding hydrogens is 214 g/mol. The first-order valence-electron chi connectivity index (χ1n) is 6.08. The van der Waals surface area contributed by atoms with Crippen molar-refractivity contribution in [2.24, 2.45) is 5.73 Å². The molecule has 2 heterocycles. The molecule has 4 heteroatoms. The molecule has 2 N–H and O–H groups in total. The van der Waals surface area contributed by atoms with E-state index in [1.54, 1.807) is 0 Å². The number of ether oxygens (including phenoxy) is 1. The zero-order chi connectivity index (χ0) is 12.5. The Bertz CT molecular complexity index is 375. The number of anilines is 1. The molecule has 0 amide bonds. The predicted octanol–water partition coefficient (Wildman–Crippen LogP) is 1.54. The van der Waals surface area contributed by atoms with E-state index in [1.165, 1.54) is 0 Å². The summed E-state index contributed by atoms with van der Waals surface area (Å²) in [6.07, 6.45) is 2.08. The van der Waals surface area contributed by atoms with Gasteiger partial charge in [0.25, 0.3) is 0 Å². The van der Waals surface area contributed by atoms with Crippen LogP contribution in [0.3, 0.4) is 0 Å². The average Bonchev–Trinajstić information content (AvgIpc) is 2.26. The zero-order valence-electron chi connectivity index (χ0n) is 10.8. The molecule has 0 radical (unpaired) electrons. The lowest BCUT2D eigenvalue weighted by Crippen LogP contribution is -2.52. The second kappa shape index (κ2) is 4.63. The van der Waals surface area contributed by atoms with Gasteiger partial charge in [0, 0.05) is 25.8 Å². The molecule has 0 aliphatic carbocycles. The van der Waals surface area contributed by atoms with Crippen molar-refractivity contribution in [1.82, 2.24) is 4.98 Å². The smallest absolute Gasteiger partial charge is 0.128 e. The molecule has 1 fully saturated rings. The van der Waals surface area contributed by atoms with E-state index in [0.29, 0.717) is 6.54 Å². The zero-order valence-corrected chi connectivity index (χ0v) is 10.8. The van der Waals surface area contributed by atoms with E-state index in [1.807, 2.05) is 18.3 Å². The summed E-state index contributed by atoms with van der Waals surface area (Å²) in [6.45, 7) is 8.62. The number of nitrogens with zero attached hydrogens (tertiary/aromatic N) is 2. The highest BCUT2D eigenvalue weighted by Crippen LogP contribution is 2.24. The van der Waals surface area contributed by atoms with Crippen LogP contribution in [0.2, 0.25) is 0 Å². The van der Waals surface area contributed by atoms with Gasteiger partial charge >= 0.3 is 0 Å². The Kier molecular flexibility index (Phi) is 3.35. The number of nitrogens with two attached hydrogens (primary N) is 1. The summed E-state index contributed by atoms with van der Waals surface area (Å²) in [6, 6.07) is 4.08. The number of hydrogen-bond donors (Lipinski definition) is 1. The Labute approximate surface area is 103 Å². The lowest BCUT2D eigenvalue weighted by molar-refractivity contribution is -0.0751. The molecule has 1 aliphatic rings. The van der Waals surface area contributed by atoms with Crippen LogP contribution < -0.4 is 10.6 Å². The van der Waals surface area contributed by atoms with E-state index >= 15 is 0 Å². The van der Waals surface area contributed by atoms with Gasteiger partial charge in [0.1, 0.15) is 5.82 Å². The maximum Gasteiger partial charge on any atom is 0.128 e. The number of pyridine rings is 1. The summed E-state index contributed by atoms with van der Waals surface area (Å²) >= 11 is 0. The molecule has 4 nitrogen and oxygen atoms in total. The van der Waals surface area contributed by atoms with E-state index in [9.17, 15) is 0 Å². The van der Waals surface area contributed by atoms with Crippen molar-refractivity contribution in [3.63, 3.8) is 0 Å². The maximum atomic E-state index is 5.88. The Morgan fingerprint density at radius 3 is 2.82 bits per heavy atom. The summed E-state index contributed by atoms with van der Waals surface area (Å²) in [4.78, 5) is 6.74. The molecule has 1 aromatic rings. The number of rotatable bonds is 2. The molecular formula is C13H21N3O. The minimum atomic E-state index is -0.119. The van der Waals surface area contributed by atoms with Gasteiger partial charge in [-0.3, -0.25) is 0 Å². The fourth-order valence-electron chi connectivity index (χ4n) is 2.35. The molecule has 1 aromatic heterocycles. The van der Waals surface area contributed by atoms with Crippen LogP contribution in [0.1, 0.15) is 26.3 Å². The van der Waals surface area contributed by atoms with Crippen LogP contribution in [0, 0.1) is 0 Å². The molecule has 1 aliphatic heterocycles. The topological polar surface area (TPSA) is 51.4 Å². The second-order valence-electron chi connectivity index (χ2n) is 5.30. The van der Waals surface area contributed by atoms with Gasteiger partial charge in [0.05, 0.1) is 11.7 Å². The molecule has 1 saturated heterocycles. The summed E-state index contributed by atoms with van der Waals surface area (Å²) in [5, 5.41) is 0. The molecule has 0 aromatic carbocycles. The first-order chi connectivity index (χ1) is 8.00. The van der Waals surface area contributed by atoms with Crippen molar-refractivity contribution < 1.29 is 4.74 Å². The Hall–Kier alpha value is -1.13. The normalized spacial score (nSPS) is 23.8. The van der Waals surface area contributed by atoms with E-state index < -0.39 is 0 Å². The minimum Gasteiger partial charge on any atom is -0.369 e. The lowest BCUT2D eigenvalue weighted by Gasteiger charge is -2.42. The molecule has 94 valence electrons. The highest BCUT2D eigenvalue weighted by Gasteiger charge is 2.31. The van der Waals surface area contributed by atoms with Crippen LogP contribution in [0.4, 0.5) is 5.82 Å². The minimum absolute atomic E-state index is 0.119. The van der Waals surface area contributed by atoms with Crippen molar-refractivity contribution >= 4 is 5.82 Å². The van der Waals surface area contributed by atoms with Gasteiger partial charge in [0.2, 0.25) is 0 Å². The van der Waals surface area contributed by atoms with Crippen LogP contribution in [0.25, 0.3) is 0 Å². The second-order valence-corrected chi connectivity index (χ2v) is 5.30. The van der Waals surface area contributed by atoms with Crippen LogP contribution in [-0.2, 0) is 11.3 Å². The van der Waals surface area contributed by atoms with E-state index in [-0.39, 0.29) is 11.7 Å². The molecule has 0 saturated carbocycles. The molecule has 0 bridgehead atoms. The number of aromatic nitrogens is 1. The van der Waals surface area contributed by atoms with E-state index in [4.69, 9.17) is 10.5 Å². The van der Waals surface area contributed by atoms with Crippen molar-refractivity contribution in [2.45, 2.75) is 39.0 Å². The van der Waals surface area contributed by atoms with Crippen LogP contribution in [0.5, 0.6) is 0 Å². The third kappa shape index (κ3) is 2.96. The fraction of sp³-hybridized carbons (Fsp3) is 0.615. The monoisotopic (exact) mass is 235 g/mol. The van der Waals surface area contributed by atoms with Gasteiger partial charge in [0.15, 0.2) is 0 Å². The van der Waals surface area contributed by atoms with Crippen LogP contribution in [-0.4, -0.2) is 29.8 Å². The van der Waals surface area contributed by atoms with Crippen LogP contribution >= 0.6 is 0 Å². The van der Waals surface area contributed by atoms with Crippen LogP contribution in [0.15, 0.2) is 18.3 Å². The SMILES string of the molecule is CC1CN(c2ccc(CN)cn2)CC(C)(C)O1. The van der Waals surface area contributed by atoms with Crippen molar-refractivity contribution in [2.75, 3.05) is 18.0 Å². The lowest BCUT2D eigenvalue weighted by atomic mass is 10.1. The molecule has 1 unspecified atom stereocenters. The van der Waals surface area contributed by atoms with Crippen molar-refractivity contribution in [3.8, 4) is 0 Å². The molecule has 0 spiro atoms.